The van der Waals surface area contributed by atoms with Crippen LogP contribution in [0, 0.1) is 58.2 Å². The molecule has 0 saturated heterocycles. The fraction of sp³-hybridized carbons (Fsp3) is 0.981. The van der Waals surface area contributed by atoms with E-state index in [1.165, 1.54) is 186 Å². The number of hydrogen-bond donors (Lipinski definition) is 3. The maximum atomic E-state index is 11.1. The van der Waals surface area contributed by atoms with Crippen LogP contribution < -0.4 is 0 Å². The van der Waals surface area contributed by atoms with Crippen LogP contribution in [0.3, 0.4) is 0 Å². The van der Waals surface area contributed by atoms with E-state index >= 15 is 0 Å². The monoisotopic (exact) mass is 801 g/mol. The Labute approximate surface area is 355 Å². The third-order valence-corrected chi connectivity index (χ3v) is 17.6. The first kappa shape index (κ1) is 50.7. The molecule has 0 bridgehead atoms. The lowest BCUT2D eigenvalue weighted by Crippen LogP contribution is -2.57. The lowest BCUT2D eigenvalue weighted by atomic mass is 9.44. The number of carboxylic acids is 1. The molecule has 336 valence electrons. The van der Waals surface area contributed by atoms with Crippen molar-refractivity contribution in [3.05, 3.63) is 0 Å². The first-order valence-corrected chi connectivity index (χ1v) is 26.0. The van der Waals surface area contributed by atoms with Gasteiger partial charge in [0, 0.05) is 0 Å². The van der Waals surface area contributed by atoms with Crippen LogP contribution in [0.2, 0.25) is 0 Å². The summed E-state index contributed by atoms with van der Waals surface area (Å²) in [5.74, 6) is 5.84. The number of aliphatic hydroxyl groups is 2. The van der Waals surface area contributed by atoms with Crippen molar-refractivity contribution in [1.82, 2.24) is 0 Å². The van der Waals surface area contributed by atoms with Crippen LogP contribution in [0.15, 0.2) is 0 Å². The van der Waals surface area contributed by atoms with Gasteiger partial charge in [-0.2, -0.15) is 0 Å². The van der Waals surface area contributed by atoms with Crippen molar-refractivity contribution in [2.75, 3.05) is 0 Å². The van der Waals surface area contributed by atoms with Gasteiger partial charge in [0.25, 0.3) is 0 Å². The third-order valence-electron chi connectivity index (χ3n) is 17.6. The molecule has 4 nitrogen and oxygen atoms in total. The van der Waals surface area contributed by atoms with Gasteiger partial charge >= 0.3 is 5.97 Å². The van der Waals surface area contributed by atoms with Gasteiger partial charge in [-0.3, -0.25) is 0 Å². The van der Waals surface area contributed by atoms with E-state index in [1.807, 2.05) is 0 Å². The number of carboxylic acid groups (broad SMARTS) is 1. The van der Waals surface area contributed by atoms with E-state index in [9.17, 15) is 15.0 Å². The molecular formula is C53H100O4. The molecular weight excluding hydrogens is 701 g/mol. The highest BCUT2D eigenvalue weighted by molar-refractivity contribution is 5.71. The third kappa shape index (κ3) is 16.0. The highest BCUT2D eigenvalue weighted by Crippen LogP contribution is 2.68. The lowest BCUT2D eigenvalue weighted by molar-refractivity contribution is -0.164. The second-order valence-electron chi connectivity index (χ2n) is 21.7. The number of rotatable bonds is 28. The second-order valence-corrected chi connectivity index (χ2v) is 21.7. The fourth-order valence-electron chi connectivity index (χ4n) is 13.2. The van der Waals surface area contributed by atoms with E-state index in [0.717, 1.165) is 66.6 Å². The SMILES string of the molecule is CC(C)[C@@H](C)CC[C@@H](C)[C@H]1CC[C@H]2[C@H]3CC[C@H]4CCCC(O)[C@]4(C)[C@H]3CC[C@]12C.CCCCCCCCCCCCCCCCCCCCCCCC(O)C(=O)O. The Kier molecular flexibility index (Phi) is 24.4. The number of unbranched alkanes of at least 4 members (excludes halogenated alkanes) is 20. The van der Waals surface area contributed by atoms with Gasteiger partial charge in [0.1, 0.15) is 0 Å². The van der Waals surface area contributed by atoms with Crippen molar-refractivity contribution >= 4 is 5.97 Å². The average molecular weight is 801 g/mol. The predicted octanol–water partition coefficient (Wildman–Crippen LogP) is 15.7. The summed E-state index contributed by atoms with van der Waals surface area (Å²) in [6, 6.07) is 0. The molecule has 0 radical (unpaired) electrons. The van der Waals surface area contributed by atoms with Gasteiger partial charge in [0.2, 0.25) is 0 Å². The van der Waals surface area contributed by atoms with Crippen LogP contribution in [0.5, 0.6) is 0 Å². The quantitative estimate of drug-likeness (QED) is 0.0689. The van der Waals surface area contributed by atoms with Crippen molar-refractivity contribution in [3.8, 4) is 0 Å². The van der Waals surface area contributed by atoms with Gasteiger partial charge in [-0.1, -0.05) is 203 Å². The average Bonchev–Trinajstić information content (AvgIpc) is 3.55. The van der Waals surface area contributed by atoms with Crippen molar-refractivity contribution in [2.24, 2.45) is 58.2 Å². The van der Waals surface area contributed by atoms with E-state index in [2.05, 4.69) is 48.5 Å². The molecule has 0 aromatic rings. The Hall–Kier alpha value is -0.610. The van der Waals surface area contributed by atoms with E-state index < -0.39 is 12.1 Å². The van der Waals surface area contributed by atoms with Crippen LogP contribution in [-0.2, 0) is 4.79 Å². The molecule has 57 heavy (non-hydrogen) atoms. The number of fused-ring (bicyclic) bond motifs is 5. The summed E-state index contributed by atoms with van der Waals surface area (Å²) in [5.41, 5.74) is 0.795. The molecule has 0 aromatic carbocycles. The van der Waals surface area contributed by atoms with E-state index in [4.69, 9.17) is 5.11 Å². The van der Waals surface area contributed by atoms with E-state index in [-0.39, 0.29) is 11.5 Å². The Morgan fingerprint density at radius 3 is 1.60 bits per heavy atom. The molecule has 4 fully saturated rings. The smallest absolute Gasteiger partial charge is 0.332 e. The first-order chi connectivity index (χ1) is 27.4. The van der Waals surface area contributed by atoms with Crippen LogP contribution in [0.1, 0.15) is 260 Å². The second kappa shape index (κ2) is 27.4. The first-order valence-electron chi connectivity index (χ1n) is 26.0. The van der Waals surface area contributed by atoms with Gasteiger partial charge in [0.05, 0.1) is 6.10 Å². The van der Waals surface area contributed by atoms with Crippen molar-refractivity contribution in [1.29, 1.82) is 0 Å². The molecule has 4 aliphatic rings. The lowest BCUT2D eigenvalue weighted by Gasteiger charge is -2.62. The fourth-order valence-corrected chi connectivity index (χ4v) is 13.2. The van der Waals surface area contributed by atoms with Crippen LogP contribution in [0.4, 0.5) is 0 Å². The molecule has 2 unspecified atom stereocenters. The minimum atomic E-state index is -1.17. The highest BCUT2D eigenvalue weighted by Gasteiger charge is 2.61. The Bertz CT molecular complexity index is 1040. The number of carbonyl (C=O) groups is 1. The molecule has 0 amide bonds. The highest BCUT2D eigenvalue weighted by atomic mass is 16.4. The van der Waals surface area contributed by atoms with Crippen LogP contribution in [0.25, 0.3) is 0 Å². The summed E-state index contributed by atoms with van der Waals surface area (Å²) in [6.45, 7) is 17.3. The van der Waals surface area contributed by atoms with E-state index in [1.54, 1.807) is 0 Å². The predicted molar refractivity (Wildman–Crippen MR) is 245 cm³/mol. The van der Waals surface area contributed by atoms with Gasteiger partial charge in [-0.15, -0.1) is 0 Å². The summed E-state index contributed by atoms with van der Waals surface area (Å²) in [4.78, 5) is 10.5. The molecule has 0 aliphatic heterocycles. The maximum Gasteiger partial charge on any atom is 0.332 e. The minimum Gasteiger partial charge on any atom is -0.479 e. The zero-order valence-corrected chi connectivity index (χ0v) is 39.4. The summed E-state index contributed by atoms with van der Waals surface area (Å²) < 4.78 is 0. The molecule has 0 spiro atoms. The molecule has 3 N–H and O–H groups in total. The largest absolute Gasteiger partial charge is 0.479 e. The molecule has 4 saturated carbocycles. The van der Waals surface area contributed by atoms with Crippen molar-refractivity contribution in [3.63, 3.8) is 0 Å². The van der Waals surface area contributed by atoms with Gasteiger partial charge in [-0.25, -0.2) is 4.79 Å². The number of hydrogen-bond acceptors (Lipinski definition) is 3. The normalized spacial score (nSPS) is 31.1. The van der Waals surface area contributed by atoms with Crippen LogP contribution >= 0.6 is 0 Å². The molecule has 11 atom stereocenters. The summed E-state index contributed by atoms with van der Waals surface area (Å²) in [5, 5.41) is 28.9. The molecule has 0 aromatic heterocycles. The summed E-state index contributed by atoms with van der Waals surface area (Å²) in [7, 11) is 0. The summed E-state index contributed by atoms with van der Waals surface area (Å²) >= 11 is 0. The topological polar surface area (TPSA) is 77.8 Å². The summed E-state index contributed by atoms with van der Waals surface area (Å²) in [6.07, 6.45) is 42.7. The van der Waals surface area contributed by atoms with Gasteiger partial charge in [-0.05, 0) is 116 Å². The Morgan fingerprint density at radius 1 is 0.596 bits per heavy atom. The molecule has 4 rings (SSSR count). The zero-order chi connectivity index (χ0) is 41.7. The molecule has 0 heterocycles. The van der Waals surface area contributed by atoms with Gasteiger partial charge < -0.3 is 15.3 Å². The van der Waals surface area contributed by atoms with Crippen molar-refractivity contribution < 1.29 is 20.1 Å². The standard InChI is InChI=1S/C28H50O.C25H50O3/c1-18(2)19(3)10-11-20(4)23-14-15-24-22-13-12-21-8-7-9-26(29)28(21,6)25(22)16-17-27(23,24)5;1-2-3-4-5-6-7-8-9-10-11-12-13-14-15-16-17-18-19-20-21-22-23-24(26)25(27)28/h18-26,29H,7-17H2,1-6H3;24,26H,2-23H2,1H3,(H,27,28)/t19-,20+,21+,22+,23+,24-,25-,26?,27+,28-;/m0./s1. The van der Waals surface area contributed by atoms with E-state index in [0.29, 0.717) is 11.8 Å². The number of aliphatic hydroxyl groups excluding tert-OH is 2. The Balaban J connectivity index is 0.000000306. The van der Waals surface area contributed by atoms with Crippen molar-refractivity contribution in [2.45, 2.75) is 273 Å². The Morgan fingerprint density at radius 2 is 1.11 bits per heavy atom. The molecule has 4 heteroatoms. The maximum absolute atomic E-state index is 11.1. The van der Waals surface area contributed by atoms with Crippen LogP contribution in [-0.4, -0.2) is 33.5 Å². The minimum absolute atomic E-state index is 0.0351. The number of aliphatic carboxylic acids is 1. The molecule has 4 aliphatic carbocycles. The zero-order valence-electron chi connectivity index (χ0n) is 39.4. The van der Waals surface area contributed by atoms with Gasteiger partial charge in [0.15, 0.2) is 6.10 Å².